The number of ether oxygens (including phenoxy) is 7. The number of esters is 2. The summed E-state index contributed by atoms with van der Waals surface area (Å²) in [7, 11) is 2.50. The van der Waals surface area contributed by atoms with Crippen molar-refractivity contribution in [2.24, 2.45) is 0 Å². The highest BCUT2D eigenvalue weighted by Gasteiger charge is 2.48. The van der Waals surface area contributed by atoms with E-state index in [9.17, 15) is 60.7 Å². The van der Waals surface area contributed by atoms with Crippen LogP contribution in [0.15, 0.2) is 36.4 Å². The Morgan fingerprint density at radius 1 is 0.627 bits per heavy atom. The molecule has 2 saturated heterocycles. The zero-order chi connectivity index (χ0) is 37.6. The maximum Gasteiger partial charge on any atom is 0.333 e. The lowest BCUT2D eigenvalue weighted by molar-refractivity contribution is -0.326. The maximum absolute atomic E-state index is 12.5. The quantitative estimate of drug-likeness (QED) is 0.0641. The molecular weight excluding hydrogens is 688 g/mol. The number of phenolic OH excluding ortho intramolecular Hbond substituents is 4. The number of phenols is 4. The molecule has 0 aromatic heterocycles. The molecule has 2 aliphatic heterocycles. The second kappa shape index (κ2) is 17.0. The monoisotopic (exact) mass is 726 g/mol. The van der Waals surface area contributed by atoms with Crippen LogP contribution in [0.2, 0.25) is 0 Å². The summed E-state index contributed by atoms with van der Waals surface area (Å²) in [5, 5.41) is 101. The van der Waals surface area contributed by atoms with Gasteiger partial charge >= 0.3 is 11.9 Å². The van der Waals surface area contributed by atoms with Gasteiger partial charge in [-0.25, -0.2) is 9.59 Å². The number of aliphatic hydroxyl groups is 6. The number of carbonyl (C=O) groups is 2. The highest BCUT2D eigenvalue weighted by atomic mass is 16.7. The first-order valence-corrected chi connectivity index (χ1v) is 15.1. The molecule has 2 aromatic carbocycles. The molecule has 0 saturated carbocycles. The Morgan fingerprint density at radius 3 is 1.59 bits per heavy atom. The van der Waals surface area contributed by atoms with Gasteiger partial charge in [0, 0.05) is 12.2 Å². The van der Waals surface area contributed by atoms with E-state index in [0.29, 0.717) is 0 Å². The van der Waals surface area contributed by atoms with E-state index in [4.69, 9.17) is 33.2 Å². The summed E-state index contributed by atoms with van der Waals surface area (Å²) in [6, 6.07) is 4.89. The minimum Gasteiger partial charge on any atom is -0.504 e. The highest BCUT2D eigenvalue weighted by Crippen LogP contribution is 2.37. The Labute approximate surface area is 288 Å². The van der Waals surface area contributed by atoms with Gasteiger partial charge in [0.1, 0.15) is 55.4 Å². The Kier molecular flexibility index (Phi) is 13.0. The average molecular weight is 727 g/mol. The molecule has 4 rings (SSSR count). The molecule has 0 radical (unpaired) electrons. The summed E-state index contributed by atoms with van der Waals surface area (Å²) >= 11 is 0. The van der Waals surface area contributed by atoms with Gasteiger partial charge in [0.05, 0.1) is 20.8 Å². The van der Waals surface area contributed by atoms with Gasteiger partial charge in [-0.3, -0.25) is 0 Å². The first kappa shape index (κ1) is 39.1. The zero-order valence-corrected chi connectivity index (χ0v) is 27.0. The molecule has 280 valence electrons. The third kappa shape index (κ3) is 9.35. The van der Waals surface area contributed by atoms with Crippen LogP contribution in [-0.2, 0) is 33.3 Å². The number of aromatic hydroxyl groups is 4. The van der Waals surface area contributed by atoms with Crippen molar-refractivity contribution < 1.29 is 93.8 Å². The minimum atomic E-state index is -1.92. The largest absolute Gasteiger partial charge is 0.504 e. The Hall–Kier alpha value is -4.70. The van der Waals surface area contributed by atoms with Crippen LogP contribution in [0.3, 0.4) is 0 Å². The van der Waals surface area contributed by atoms with Crippen LogP contribution in [0.25, 0.3) is 12.2 Å². The van der Waals surface area contributed by atoms with Crippen LogP contribution in [-0.4, -0.2) is 152 Å². The molecule has 2 aliphatic rings. The van der Waals surface area contributed by atoms with Crippen LogP contribution in [0.1, 0.15) is 11.1 Å². The smallest absolute Gasteiger partial charge is 0.333 e. The van der Waals surface area contributed by atoms with Gasteiger partial charge in [-0.1, -0.05) is 0 Å². The van der Waals surface area contributed by atoms with Crippen molar-refractivity contribution in [3.63, 3.8) is 0 Å². The minimum absolute atomic E-state index is 0.0583. The summed E-state index contributed by atoms with van der Waals surface area (Å²) in [5.74, 6) is -4.23. The predicted molar refractivity (Wildman–Crippen MR) is 167 cm³/mol. The van der Waals surface area contributed by atoms with Crippen molar-refractivity contribution in [3.05, 3.63) is 47.5 Å². The standard InChI is InChI=1S/C32H38O19/c1-45-17-9-13(7-15(33)23(17)37)3-5-21(35)47-11-19-25(39)27(41)29(43)31(49-19)48-12-20-26(40)28(42)30(44)32(50-20)51-22(36)6-4-14-8-16(34)24(38)18(10-14)46-2/h3-10,19-20,25-34,37-44H,11-12H2,1-2H3/b5-3+,6-4+/t19-,20-,25-,26-,27+,28+,29-,30-,31-,32+/m1/s1. The molecule has 0 spiro atoms. The van der Waals surface area contributed by atoms with Crippen LogP contribution in [0.5, 0.6) is 34.5 Å². The third-order valence-corrected chi connectivity index (χ3v) is 7.80. The van der Waals surface area contributed by atoms with E-state index in [1.807, 2.05) is 0 Å². The summed E-state index contributed by atoms with van der Waals surface area (Å²) in [6.07, 6.45) is -13.4. The van der Waals surface area contributed by atoms with Gasteiger partial charge in [-0.05, 0) is 47.5 Å². The van der Waals surface area contributed by atoms with Gasteiger partial charge in [0.25, 0.3) is 0 Å². The van der Waals surface area contributed by atoms with E-state index in [2.05, 4.69) is 0 Å². The fourth-order valence-electron chi connectivity index (χ4n) is 4.96. The lowest BCUT2D eigenvalue weighted by Crippen LogP contribution is -2.62. The molecule has 19 heteroatoms. The van der Waals surface area contributed by atoms with E-state index in [1.165, 1.54) is 38.5 Å². The lowest BCUT2D eigenvalue weighted by Gasteiger charge is -2.42. The number of aliphatic hydroxyl groups excluding tert-OH is 6. The molecule has 2 fully saturated rings. The second-order valence-electron chi connectivity index (χ2n) is 11.3. The molecule has 10 atom stereocenters. The van der Waals surface area contributed by atoms with E-state index < -0.39 is 110 Å². The van der Waals surface area contributed by atoms with Gasteiger partial charge in [-0.15, -0.1) is 0 Å². The van der Waals surface area contributed by atoms with Crippen LogP contribution >= 0.6 is 0 Å². The SMILES string of the molecule is COc1cc(/C=C/C(=O)OC[C@H]2O[C@@H](OC[C@H]3O[C@@H](OC(=O)/C=C/c4cc(O)c(O)c(OC)c4)[C@H](O)[C@@H](O)[C@@H]3O)[C@H](O)[C@@H](O)[C@@H]2O)cc(O)c1O. The Bertz CT molecular complexity index is 1590. The first-order chi connectivity index (χ1) is 24.1. The second-order valence-corrected chi connectivity index (χ2v) is 11.3. The topological polar surface area (TPSA) is 301 Å². The molecular formula is C32H38O19. The number of hydrogen-bond donors (Lipinski definition) is 10. The van der Waals surface area contributed by atoms with Gasteiger partial charge in [-0.2, -0.15) is 0 Å². The van der Waals surface area contributed by atoms with Crippen molar-refractivity contribution >= 4 is 24.1 Å². The van der Waals surface area contributed by atoms with Crippen molar-refractivity contribution in [1.82, 2.24) is 0 Å². The molecule has 10 N–H and O–H groups in total. The van der Waals surface area contributed by atoms with E-state index in [1.54, 1.807) is 0 Å². The van der Waals surface area contributed by atoms with E-state index in [0.717, 1.165) is 24.3 Å². The normalized spacial score (nSPS) is 29.6. The van der Waals surface area contributed by atoms with Gasteiger partial charge in [0.15, 0.2) is 29.3 Å². The van der Waals surface area contributed by atoms with Crippen molar-refractivity contribution in [2.75, 3.05) is 27.4 Å². The molecule has 2 heterocycles. The van der Waals surface area contributed by atoms with E-state index >= 15 is 0 Å². The maximum atomic E-state index is 12.5. The molecule has 0 amide bonds. The molecule has 0 unspecified atom stereocenters. The molecule has 0 aliphatic carbocycles. The molecule has 19 nitrogen and oxygen atoms in total. The number of carbonyl (C=O) groups excluding carboxylic acids is 2. The highest BCUT2D eigenvalue weighted by molar-refractivity contribution is 5.88. The first-order valence-electron chi connectivity index (χ1n) is 15.1. The molecule has 2 aromatic rings. The van der Waals surface area contributed by atoms with Crippen molar-refractivity contribution in [3.8, 4) is 34.5 Å². The molecule has 0 bridgehead atoms. The van der Waals surface area contributed by atoms with E-state index in [-0.39, 0.29) is 22.6 Å². The van der Waals surface area contributed by atoms with Gasteiger partial charge in [0.2, 0.25) is 17.8 Å². The van der Waals surface area contributed by atoms with Crippen LogP contribution < -0.4 is 9.47 Å². The Morgan fingerprint density at radius 2 is 1.08 bits per heavy atom. The summed E-state index contributed by atoms with van der Waals surface area (Å²) in [5.41, 5.74) is 0.472. The van der Waals surface area contributed by atoms with Crippen LogP contribution in [0, 0.1) is 0 Å². The van der Waals surface area contributed by atoms with Gasteiger partial charge < -0.3 is 84.2 Å². The zero-order valence-electron chi connectivity index (χ0n) is 27.0. The predicted octanol–water partition coefficient (Wildman–Crippen LogP) is -2.03. The number of hydrogen-bond acceptors (Lipinski definition) is 19. The summed E-state index contributed by atoms with van der Waals surface area (Å²) < 4.78 is 36.3. The van der Waals surface area contributed by atoms with Crippen LogP contribution in [0.4, 0.5) is 0 Å². The third-order valence-electron chi connectivity index (χ3n) is 7.80. The molecule has 51 heavy (non-hydrogen) atoms. The number of rotatable bonds is 12. The number of methoxy groups -OCH3 is 2. The number of benzene rings is 2. The van der Waals surface area contributed by atoms with Crippen molar-refractivity contribution in [2.45, 2.75) is 61.4 Å². The summed E-state index contributed by atoms with van der Waals surface area (Å²) in [4.78, 5) is 24.8. The fourth-order valence-corrected chi connectivity index (χ4v) is 4.96. The average Bonchev–Trinajstić information content (AvgIpc) is 3.11. The Balaban J connectivity index is 1.34. The summed E-state index contributed by atoms with van der Waals surface area (Å²) in [6.45, 7) is -1.34. The lowest BCUT2D eigenvalue weighted by atomic mass is 9.98. The fraction of sp³-hybridized carbons (Fsp3) is 0.438. The van der Waals surface area contributed by atoms with Crippen molar-refractivity contribution in [1.29, 1.82) is 0 Å².